The molecule has 0 aliphatic carbocycles. The Kier molecular flexibility index (Phi) is 4.99. The lowest BCUT2D eigenvalue weighted by molar-refractivity contribution is 0.00688. The van der Waals surface area contributed by atoms with Crippen molar-refractivity contribution in [2.75, 3.05) is 11.4 Å². The monoisotopic (exact) mass is 282 g/mol. The highest BCUT2D eigenvalue weighted by molar-refractivity contribution is 7.80. The van der Waals surface area contributed by atoms with Crippen LogP contribution in [0.25, 0.3) is 0 Å². The molecule has 1 aliphatic rings. The molecule has 19 heavy (non-hydrogen) atoms. The summed E-state index contributed by atoms with van der Waals surface area (Å²) in [6.07, 6.45) is 3.71. The molecule has 0 aromatic heterocycles. The topological polar surface area (TPSA) is 44.7 Å². The van der Waals surface area contributed by atoms with Crippen molar-refractivity contribution >= 4 is 23.0 Å². The first kappa shape index (κ1) is 14.1. The van der Waals surface area contributed by atoms with Gasteiger partial charge in [0.15, 0.2) is 5.11 Å². The first-order chi connectivity index (χ1) is 9.24. The molecule has 2 rings (SSSR count). The number of anilines is 1. The van der Waals surface area contributed by atoms with Gasteiger partial charge in [0, 0.05) is 7.97 Å². The van der Waals surface area contributed by atoms with E-state index in [2.05, 4.69) is 12.2 Å². The van der Waals surface area contributed by atoms with Gasteiger partial charge < -0.3 is 15.2 Å². The van der Waals surface area contributed by atoms with E-state index < -0.39 is 6.41 Å². The van der Waals surface area contributed by atoms with E-state index in [1.54, 1.807) is 4.90 Å². The minimum absolute atomic E-state index is 0. The Morgan fingerprint density at radius 2 is 2.21 bits per heavy atom. The van der Waals surface area contributed by atoms with Gasteiger partial charge in [-0.2, -0.15) is 0 Å². The number of nitrogens with zero attached hydrogens (tertiary/aromatic N) is 1. The van der Waals surface area contributed by atoms with Crippen LogP contribution in [0.1, 0.15) is 34.0 Å². The Hall–Kier alpha value is -1.33. The van der Waals surface area contributed by atoms with Gasteiger partial charge in [-0.05, 0) is 30.8 Å². The zero-order valence-electron chi connectivity index (χ0n) is 11.1. The molecule has 1 aliphatic heterocycles. The van der Waals surface area contributed by atoms with Gasteiger partial charge in [0.2, 0.25) is 0 Å². The van der Waals surface area contributed by atoms with E-state index in [-0.39, 0.29) is 1.43 Å². The summed E-state index contributed by atoms with van der Waals surface area (Å²) >= 11 is 5.32. The molecule has 4 nitrogen and oxygen atoms in total. The maximum absolute atomic E-state index is 9.90. The van der Waals surface area contributed by atoms with Crippen LogP contribution in [0.15, 0.2) is 24.3 Å². The Morgan fingerprint density at radius 1 is 1.42 bits per heavy atom. The van der Waals surface area contributed by atoms with Gasteiger partial charge in [-0.3, -0.25) is 4.90 Å². The van der Waals surface area contributed by atoms with Crippen molar-refractivity contribution < 1.29 is 11.3 Å². The van der Waals surface area contributed by atoms with Crippen LogP contribution in [0.3, 0.4) is 0 Å². The summed E-state index contributed by atoms with van der Waals surface area (Å²) in [6.45, 7) is 3.01. The standard InChI is InChI=1S/C14H20N2O2S.H2/c1-2-3-4-7-10-15-13(19)16-11-8-5-6-9-12(11)18-14(16)17;/h5-6,8-9,14,17H,2-4,7,10H2,1H3,(H,15,19);1H. The van der Waals surface area contributed by atoms with E-state index in [1.165, 1.54) is 19.3 Å². The zero-order chi connectivity index (χ0) is 13.7. The van der Waals surface area contributed by atoms with E-state index in [4.69, 9.17) is 17.0 Å². The van der Waals surface area contributed by atoms with Gasteiger partial charge in [0.25, 0.3) is 6.41 Å². The lowest BCUT2D eigenvalue weighted by Crippen LogP contribution is -2.45. The number of aliphatic hydroxyl groups is 1. The highest BCUT2D eigenvalue weighted by atomic mass is 32.1. The number of para-hydroxylation sites is 2. The number of unbranched alkanes of at least 4 members (excludes halogenated alkanes) is 3. The van der Waals surface area contributed by atoms with Crippen molar-refractivity contribution in [2.24, 2.45) is 0 Å². The maximum atomic E-state index is 9.90. The second-order valence-corrected chi connectivity index (χ2v) is 4.96. The Labute approximate surface area is 120 Å². The first-order valence-corrected chi connectivity index (χ1v) is 7.15. The van der Waals surface area contributed by atoms with Crippen LogP contribution in [0.5, 0.6) is 5.75 Å². The predicted octanol–water partition coefficient (Wildman–Crippen LogP) is 2.86. The third-order valence-corrected chi connectivity index (χ3v) is 3.44. The summed E-state index contributed by atoms with van der Waals surface area (Å²) < 4.78 is 5.34. The van der Waals surface area contributed by atoms with Gasteiger partial charge in [0.1, 0.15) is 5.75 Å². The Balaban J connectivity index is 0.00000200. The molecule has 0 fully saturated rings. The van der Waals surface area contributed by atoms with Gasteiger partial charge in [-0.25, -0.2) is 0 Å². The number of hydrogen-bond donors (Lipinski definition) is 2. The summed E-state index contributed by atoms with van der Waals surface area (Å²) in [5, 5.41) is 13.6. The van der Waals surface area contributed by atoms with Crippen molar-refractivity contribution in [1.29, 1.82) is 0 Å². The zero-order valence-corrected chi connectivity index (χ0v) is 11.9. The second-order valence-electron chi connectivity index (χ2n) is 4.57. The van der Waals surface area contributed by atoms with Crippen LogP contribution in [0.2, 0.25) is 0 Å². The van der Waals surface area contributed by atoms with Gasteiger partial charge in [0.05, 0.1) is 5.69 Å². The van der Waals surface area contributed by atoms with Crippen molar-refractivity contribution in [2.45, 2.75) is 39.0 Å². The number of rotatable bonds is 5. The smallest absolute Gasteiger partial charge is 0.287 e. The van der Waals surface area contributed by atoms with Crippen molar-refractivity contribution in [3.63, 3.8) is 0 Å². The molecule has 1 aromatic rings. The fraction of sp³-hybridized carbons (Fsp3) is 0.500. The molecule has 1 heterocycles. The van der Waals surface area contributed by atoms with Crippen molar-refractivity contribution in [3.05, 3.63) is 24.3 Å². The van der Waals surface area contributed by atoms with Crippen LogP contribution in [0.4, 0.5) is 5.69 Å². The highest BCUT2D eigenvalue weighted by Crippen LogP contribution is 2.35. The third-order valence-electron chi connectivity index (χ3n) is 3.10. The largest absolute Gasteiger partial charge is 0.444 e. The van der Waals surface area contributed by atoms with Gasteiger partial charge >= 0.3 is 0 Å². The van der Waals surface area contributed by atoms with E-state index in [0.29, 0.717) is 10.9 Å². The number of thiocarbonyl (C=S) groups is 1. The molecular weight excluding hydrogens is 260 g/mol. The van der Waals surface area contributed by atoms with Crippen LogP contribution in [-0.2, 0) is 0 Å². The van der Waals surface area contributed by atoms with Crippen LogP contribution >= 0.6 is 12.2 Å². The van der Waals surface area contributed by atoms with Gasteiger partial charge in [-0.15, -0.1) is 0 Å². The number of fused-ring (bicyclic) bond motifs is 1. The molecule has 0 radical (unpaired) electrons. The molecule has 2 N–H and O–H groups in total. The average Bonchev–Trinajstić information content (AvgIpc) is 2.74. The highest BCUT2D eigenvalue weighted by Gasteiger charge is 2.31. The van der Waals surface area contributed by atoms with Crippen LogP contribution in [0, 0.1) is 0 Å². The third kappa shape index (κ3) is 3.36. The number of aliphatic hydroxyl groups excluding tert-OH is 1. The quantitative estimate of drug-likeness (QED) is 0.642. The first-order valence-electron chi connectivity index (χ1n) is 6.75. The Bertz CT molecular complexity index is 445. The number of hydrogen-bond acceptors (Lipinski definition) is 3. The lowest BCUT2D eigenvalue weighted by Gasteiger charge is -2.22. The molecule has 0 saturated heterocycles. The summed E-state index contributed by atoms with van der Waals surface area (Å²) in [7, 11) is 0. The molecule has 0 saturated carbocycles. The molecular formula is C14H22N2O2S. The molecule has 5 heteroatoms. The van der Waals surface area contributed by atoms with Gasteiger partial charge in [-0.1, -0.05) is 38.3 Å². The van der Waals surface area contributed by atoms with E-state index >= 15 is 0 Å². The SMILES string of the molecule is CCCCCCNC(=S)N1c2ccccc2OC1O.[HH]. The number of nitrogens with one attached hydrogen (secondary N) is 1. The summed E-state index contributed by atoms with van der Waals surface area (Å²) in [6, 6.07) is 7.48. The van der Waals surface area contributed by atoms with E-state index in [1.807, 2.05) is 24.3 Å². The van der Waals surface area contributed by atoms with E-state index in [9.17, 15) is 5.11 Å². The van der Waals surface area contributed by atoms with Crippen molar-refractivity contribution in [3.8, 4) is 5.75 Å². The average molecular weight is 282 g/mol. The molecule has 1 aromatic carbocycles. The minimum Gasteiger partial charge on any atom is -0.444 e. The van der Waals surface area contributed by atoms with Crippen molar-refractivity contribution in [1.82, 2.24) is 5.32 Å². The number of ether oxygens (including phenoxy) is 1. The predicted molar refractivity (Wildman–Crippen MR) is 82.4 cm³/mol. The molecule has 0 bridgehead atoms. The Morgan fingerprint density at radius 3 is 3.00 bits per heavy atom. The maximum Gasteiger partial charge on any atom is 0.287 e. The second kappa shape index (κ2) is 6.73. The molecule has 0 spiro atoms. The minimum atomic E-state index is -1.03. The lowest BCUT2D eigenvalue weighted by atomic mass is 10.2. The summed E-state index contributed by atoms with van der Waals surface area (Å²) in [5.74, 6) is 0.658. The fourth-order valence-corrected chi connectivity index (χ4v) is 2.37. The normalized spacial score (nSPS) is 16.9. The molecule has 106 valence electrons. The molecule has 1 atom stereocenters. The summed E-state index contributed by atoms with van der Waals surface area (Å²) in [5.41, 5.74) is 0.807. The molecule has 1 unspecified atom stereocenters. The number of benzene rings is 1. The summed E-state index contributed by atoms with van der Waals surface area (Å²) in [4.78, 5) is 1.60. The molecule has 0 amide bonds. The van der Waals surface area contributed by atoms with Crippen LogP contribution < -0.4 is 15.0 Å². The van der Waals surface area contributed by atoms with Crippen LogP contribution in [-0.4, -0.2) is 23.2 Å². The fourth-order valence-electron chi connectivity index (χ4n) is 2.08. The van der Waals surface area contributed by atoms with E-state index in [0.717, 1.165) is 18.7 Å².